The number of nitrogens with one attached hydrogen (secondary N) is 2. The average Bonchev–Trinajstić information content (AvgIpc) is 2.71. The van der Waals surface area contributed by atoms with Crippen molar-refractivity contribution >= 4 is 23.5 Å². The molecule has 30 heavy (non-hydrogen) atoms. The fraction of sp³-hybridized carbons (Fsp3) is 0.429. The van der Waals surface area contributed by atoms with Crippen LogP contribution in [0.1, 0.15) is 41.5 Å². The van der Waals surface area contributed by atoms with Crippen molar-refractivity contribution in [3.8, 4) is 0 Å². The molecule has 2 heterocycles. The van der Waals surface area contributed by atoms with Crippen molar-refractivity contribution in [2.24, 2.45) is 5.92 Å². The Morgan fingerprint density at radius 3 is 2.73 bits per heavy atom. The van der Waals surface area contributed by atoms with Gasteiger partial charge in [0.15, 0.2) is 0 Å². The highest BCUT2D eigenvalue weighted by Gasteiger charge is 2.40. The number of hydrogen-bond acceptors (Lipinski definition) is 7. The van der Waals surface area contributed by atoms with Gasteiger partial charge < -0.3 is 20.5 Å². The van der Waals surface area contributed by atoms with Gasteiger partial charge in [0.2, 0.25) is 11.9 Å². The normalized spacial score (nSPS) is 20.4. The number of carbonyl (C=O) groups excluding carboxylic acids is 2. The Balaban J connectivity index is 2.01. The lowest BCUT2D eigenvalue weighted by atomic mass is 9.85. The van der Waals surface area contributed by atoms with Crippen LogP contribution in [0.4, 0.5) is 11.6 Å². The number of anilines is 2. The van der Waals surface area contributed by atoms with E-state index in [1.807, 2.05) is 13.8 Å². The van der Waals surface area contributed by atoms with E-state index in [0.29, 0.717) is 35.9 Å². The smallest absolute Gasteiger partial charge is 0.251 e. The highest BCUT2D eigenvalue weighted by atomic mass is 16.5. The maximum absolute atomic E-state index is 12.5. The van der Waals surface area contributed by atoms with Crippen LogP contribution in [-0.2, 0) is 9.53 Å². The van der Waals surface area contributed by atoms with Gasteiger partial charge in [-0.1, -0.05) is 6.92 Å². The second-order valence-corrected chi connectivity index (χ2v) is 7.33. The number of ether oxygens (including phenoxy) is 1. The van der Waals surface area contributed by atoms with Gasteiger partial charge in [0, 0.05) is 44.0 Å². The number of rotatable bonds is 6. The number of hydrogen-bond donors (Lipinski definition) is 3. The van der Waals surface area contributed by atoms with Crippen molar-refractivity contribution in [1.29, 1.82) is 0 Å². The molecule has 0 saturated heterocycles. The molecule has 3 rings (SSSR count). The van der Waals surface area contributed by atoms with E-state index in [1.165, 1.54) is 11.8 Å². The lowest BCUT2D eigenvalue weighted by molar-refractivity contribution is -0.119. The van der Waals surface area contributed by atoms with Crippen LogP contribution in [0, 0.1) is 12.8 Å². The van der Waals surface area contributed by atoms with Crippen molar-refractivity contribution < 1.29 is 19.4 Å². The minimum atomic E-state index is -1.03. The van der Waals surface area contributed by atoms with E-state index in [9.17, 15) is 14.7 Å². The predicted octanol–water partition coefficient (Wildman–Crippen LogP) is 1.64. The van der Waals surface area contributed by atoms with Crippen LogP contribution in [0.2, 0.25) is 0 Å². The van der Waals surface area contributed by atoms with Gasteiger partial charge in [0.1, 0.15) is 6.23 Å². The molecular weight excluding hydrogens is 386 g/mol. The van der Waals surface area contributed by atoms with Crippen LogP contribution in [0.5, 0.6) is 0 Å². The Morgan fingerprint density at radius 2 is 2.07 bits per heavy atom. The summed E-state index contributed by atoms with van der Waals surface area (Å²) in [6.07, 6.45) is 0.621. The molecule has 1 aromatic heterocycles. The standard InChI is InChI=1S/C21H27N5O4/c1-12-7-8-23-21(24-12)25-18-13(2)20(29)26(14(3)27)17-6-5-15(11-16(17)18)19(28)22-9-10-30-4/h5-8,11,13,18,20,29H,9-10H2,1-4H3,(H,22,28)(H,23,24,25)/t13-,18-,20+/m1/s1. The van der Waals surface area contributed by atoms with Gasteiger partial charge in [-0.15, -0.1) is 0 Å². The predicted molar refractivity (Wildman–Crippen MR) is 112 cm³/mol. The van der Waals surface area contributed by atoms with Gasteiger partial charge in [-0.3, -0.25) is 14.5 Å². The number of aliphatic hydroxyl groups excluding tert-OH is 1. The van der Waals surface area contributed by atoms with E-state index in [2.05, 4.69) is 20.6 Å². The van der Waals surface area contributed by atoms with Crippen molar-refractivity contribution in [2.45, 2.75) is 33.0 Å². The molecule has 3 N–H and O–H groups in total. The average molecular weight is 413 g/mol. The van der Waals surface area contributed by atoms with Gasteiger partial charge in [-0.25, -0.2) is 9.97 Å². The van der Waals surface area contributed by atoms with Gasteiger partial charge in [-0.2, -0.15) is 0 Å². The Bertz CT molecular complexity index is 935. The van der Waals surface area contributed by atoms with E-state index in [0.717, 1.165) is 5.69 Å². The fourth-order valence-corrected chi connectivity index (χ4v) is 3.59. The maximum atomic E-state index is 12.5. The van der Waals surface area contributed by atoms with Crippen LogP contribution >= 0.6 is 0 Å². The molecule has 1 aromatic carbocycles. The first kappa shape index (κ1) is 21.7. The summed E-state index contributed by atoms with van der Waals surface area (Å²) in [7, 11) is 1.57. The molecule has 160 valence electrons. The number of amides is 2. The third-order valence-electron chi connectivity index (χ3n) is 5.16. The second-order valence-electron chi connectivity index (χ2n) is 7.33. The van der Waals surface area contributed by atoms with Crippen LogP contribution in [-0.4, -0.2) is 53.4 Å². The number of aromatic nitrogens is 2. The number of nitrogens with zero attached hydrogens (tertiary/aromatic N) is 3. The highest BCUT2D eigenvalue weighted by molar-refractivity contribution is 5.97. The zero-order valence-electron chi connectivity index (χ0n) is 17.5. The van der Waals surface area contributed by atoms with Crippen LogP contribution in [0.25, 0.3) is 0 Å². The van der Waals surface area contributed by atoms with E-state index < -0.39 is 12.3 Å². The van der Waals surface area contributed by atoms with Crippen molar-refractivity contribution in [1.82, 2.24) is 15.3 Å². The Labute approximate surface area is 175 Å². The largest absolute Gasteiger partial charge is 0.383 e. The molecule has 0 fully saturated rings. The summed E-state index contributed by atoms with van der Waals surface area (Å²) in [5, 5.41) is 16.9. The first-order chi connectivity index (χ1) is 14.3. The molecule has 0 aliphatic carbocycles. The van der Waals surface area contributed by atoms with E-state index in [1.54, 1.807) is 37.6 Å². The lowest BCUT2D eigenvalue weighted by Gasteiger charge is -2.42. The molecule has 3 atom stereocenters. The first-order valence-electron chi connectivity index (χ1n) is 9.78. The number of fused-ring (bicyclic) bond motifs is 1. The number of aryl methyl sites for hydroxylation is 1. The maximum Gasteiger partial charge on any atom is 0.251 e. The minimum absolute atomic E-state index is 0.242. The SMILES string of the molecule is COCCNC(=O)c1ccc2c(c1)[C@H](Nc1nccc(C)n1)[C@@H](C)[C@H](O)N2C(C)=O. The van der Waals surface area contributed by atoms with E-state index in [-0.39, 0.29) is 17.7 Å². The Hall–Kier alpha value is -3.04. The molecule has 0 unspecified atom stereocenters. The lowest BCUT2D eigenvalue weighted by Crippen LogP contribution is -2.50. The zero-order valence-corrected chi connectivity index (χ0v) is 17.5. The van der Waals surface area contributed by atoms with Gasteiger partial charge in [-0.05, 0) is 36.8 Å². The molecule has 0 bridgehead atoms. The fourth-order valence-electron chi connectivity index (χ4n) is 3.59. The number of methoxy groups -OCH3 is 1. The molecular formula is C21H27N5O4. The Kier molecular flexibility index (Phi) is 6.63. The quantitative estimate of drug-likeness (QED) is 0.616. The molecule has 0 saturated carbocycles. The Morgan fingerprint density at radius 1 is 1.30 bits per heavy atom. The first-order valence-corrected chi connectivity index (χ1v) is 9.78. The third kappa shape index (κ3) is 4.42. The molecule has 2 amide bonds. The molecule has 9 nitrogen and oxygen atoms in total. The summed E-state index contributed by atoms with van der Waals surface area (Å²) in [5.74, 6) is -0.486. The summed E-state index contributed by atoms with van der Waals surface area (Å²) in [6.45, 7) is 5.90. The monoisotopic (exact) mass is 413 g/mol. The van der Waals surface area contributed by atoms with Crippen LogP contribution < -0.4 is 15.5 Å². The van der Waals surface area contributed by atoms with Crippen molar-refractivity contribution in [3.05, 3.63) is 47.3 Å². The van der Waals surface area contributed by atoms with E-state index >= 15 is 0 Å². The molecule has 2 aromatic rings. The highest BCUT2D eigenvalue weighted by Crippen LogP contribution is 2.42. The van der Waals surface area contributed by atoms with Gasteiger partial charge in [0.25, 0.3) is 5.91 Å². The van der Waals surface area contributed by atoms with Crippen LogP contribution in [0.15, 0.2) is 30.5 Å². The number of aliphatic hydroxyl groups is 1. The summed E-state index contributed by atoms with van der Waals surface area (Å²) in [6, 6.07) is 6.45. The summed E-state index contributed by atoms with van der Waals surface area (Å²) >= 11 is 0. The third-order valence-corrected chi connectivity index (χ3v) is 5.16. The van der Waals surface area contributed by atoms with Crippen molar-refractivity contribution in [2.75, 3.05) is 30.5 Å². The number of benzene rings is 1. The molecule has 0 radical (unpaired) electrons. The zero-order chi connectivity index (χ0) is 21.8. The van der Waals surface area contributed by atoms with E-state index in [4.69, 9.17) is 4.74 Å². The molecule has 1 aliphatic heterocycles. The van der Waals surface area contributed by atoms with Crippen LogP contribution in [0.3, 0.4) is 0 Å². The summed E-state index contributed by atoms with van der Waals surface area (Å²) in [5.41, 5.74) is 2.52. The van der Waals surface area contributed by atoms with Gasteiger partial charge >= 0.3 is 0 Å². The number of carbonyl (C=O) groups is 2. The summed E-state index contributed by atoms with van der Waals surface area (Å²) in [4.78, 5) is 34.8. The topological polar surface area (TPSA) is 117 Å². The molecule has 9 heteroatoms. The summed E-state index contributed by atoms with van der Waals surface area (Å²) < 4.78 is 4.97. The second kappa shape index (κ2) is 9.19. The van der Waals surface area contributed by atoms with Crippen molar-refractivity contribution in [3.63, 3.8) is 0 Å². The molecule has 1 aliphatic rings. The minimum Gasteiger partial charge on any atom is -0.383 e. The molecule has 0 spiro atoms. The van der Waals surface area contributed by atoms with Gasteiger partial charge in [0.05, 0.1) is 18.3 Å².